The Morgan fingerprint density at radius 1 is 1.17 bits per heavy atom. The molecule has 0 atom stereocenters. The number of rotatable bonds is 3. The monoisotopic (exact) mass is 247 g/mol. The van der Waals surface area contributed by atoms with Crippen molar-refractivity contribution in [2.75, 3.05) is 5.32 Å². The first kappa shape index (κ1) is 14.6. The lowest BCUT2D eigenvalue weighted by atomic mass is 10.0. The highest BCUT2D eigenvalue weighted by Gasteiger charge is 2.11. The number of benzene rings is 1. The smallest absolute Gasteiger partial charge is 0.193 e. The van der Waals surface area contributed by atoms with Gasteiger partial charge in [-0.2, -0.15) is 0 Å². The molecule has 1 rings (SSSR count). The Bertz CT molecular complexity index is 406. The van der Waals surface area contributed by atoms with Crippen LogP contribution in [0.4, 0.5) is 5.69 Å². The van der Waals surface area contributed by atoms with Crippen LogP contribution in [0.5, 0.6) is 0 Å². The van der Waals surface area contributed by atoms with Crippen LogP contribution in [0.25, 0.3) is 0 Å². The second-order valence-corrected chi connectivity index (χ2v) is 5.45. The highest BCUT2D eigenvalue weighted by molar-refractivity contribution is 5.94. The molecule has 0 fully saturated rings. The minimum Gasteiger partial charge on any atom is -0.370 e. The van der Waals surface area contributed by atoms with E-state index in [0.717, 1.165) is 18.5 Å². The molecular weight excluding hydrogens is 222 g/mol. The maximum atomic E-state index is 5.98. The largest absolute Gasteiger partial charge is 0.370 e. The number of hydrogen-bond acceptors (Lipinski definition) is 1. The summed E-state index contributed by atoms with van der Waals surface area (Å²) >= 11 is 0. The standard InChI is InChI=1S/C15H25N3/c1-6-11-9-8-10-12(7-2)13(11)17-14(16)18-15(3,4)5/h8-10H,6-7H2,1-5H3,(H3,16,17,18). The van der Waals surface area contributed by atoms with Crippen LogP contribution in [0.1, 0.15) is 45.7 Å². The molecule has 0 aliphatic rings. The van der Waals surface area contributed by atoms with Crippen molar-refractivity contribution in [2.45, 2.75) is 53.0 Å². The quantitative estimate of drug-likeness (QED) is 0.636. The molecule has 1 aromatic rings. The highest BCUT2D eigenvalue weighted by Crippen LogP contribution is 2.22. The van der Waals surface area contributed by atoms with E-state index in [9.17, 15) is 0 Å². The Morgan fingerprint density at radius 2 is 1.67 bits per heavy atom. The van der Waals surface area contributed by atoms with Crippen LogP contribution < -0.4 is 11.1 Å². The van der Waals surface area contributed by atoms with Gasteiger partial charge in [-0.1, -0.05) is 32.0 Å². The summed E-state index contributed by atoms with van der Waals surface area (Å²) in [6.45, 7) is 10.4. The molecule has 0 spiro atoms. The van der Waals surface area contributed by atoms with Gasteiger partial charge in [0.2, 0.25) is 0 Å². The van der Waals surface area contributed by atoms with Crippen LogP contribution in [0, 0.1) is 0 Å². The van der Waals surface area contributed by atoms with E-state index in [2.05, 4.69) is 42.4 Å². The lowest BCUT2D eigenvalue weighted by Gasteiger charge is -2.18. The number of para-hydroxylation sites is 1. The van der Waals surface area contributed by atoms with Crippen LogP contribution in [0.15, 0.2) is 23.2 Å². The number of aliphatic imine (C=N–C) groups is 1. The van der Waals surface area contributed by atoms with Gasteiger partial charge in [0.1, 0.15) is 0 Å². The lowest BCUT2D eigenvalue weighted by Crippen LogP contribution is -2.28. The summed E-state index contributed by atoms with van der Waals surface area (Å²) in [5, 5.41) is 3.27. The summed E-state index contributed by atoms with van der Waals surface area (Å²) in [4.78, 5) is 4.44. The zero-order chi connectivity index (χ0) is 13.8. The number of nitrogens with two attached hydrogens (primary N) is 1. The van der Waals surface area contributed by atoms with Gasteiger partial charge in [-0.15, -0.1) is 0 Å². The minimum atomic E-state index is -0.162. The molecule has 3 nitrogen and oxygen atoms in total. The maximum absolute atomic E-state index is 5.98. The van der Waals surface area contributed by atoms with Crippen LogP contribution in [0.2, 0.25) is 0 Å². The van der Waals surface area contributed by atoms with Crippen molar-refractivity contribution in [3.8, 4) is 0 Å². The van der Waals surface area contributed by atoms with E-state index in [4.69, 9.17) is 5.73 Å². The summed E-state index contributed by atoms with van der Waals surface area (Å²) in [5.41, 5.74) is 9.49. The third-order valence-corrected chi connectivity index (χ3v) is 2.71. The number of aryl methyl sites for hydroxylation is 2. The molecule has 3 N–H and O–H groups in total. The predicted octanol–water partition coefficient (Wildman–Crippen LogP) is 3.34. The number of hydrogen-bond donors (Lipinski definition) is 2. The second kappa shape index (κ2) is 5.89. The maximum Gasteiger partial charge on any atom is 0.193 e. The van der Waals surface area contributed by atoms with Gasteiger partial charge in [-0.3, -0.25) is 0 Å². The van der Waals surface area contributed by atoms with Crippen LogP contribution in [0.3, 0.4) is 0 Å². The molecule has 18 heavy (non-hydrogen) atoms. The van der Waals surface area contributed by atoms with Crippen LogP contribution in [-0.2, 0) is 12.8 Å². The van der Waals surface area contributed by atoms with Crippen molar-refractivity contribution in [2.24, 2.45) is 10.7 Å². The van der Waals surface area contributed by atoms with Gasteiger partial charge < -0.3 is 11.1 Å². The van der Waals surface area contributed by atoms with Gasteiger partial charge in [-0.25, -0.2) is 4.99 Å². The molecule has 100 valence electrons. The molecule has 0 aromatic heterocycles. The van der Waals surface area contributed by atoms with E-state index < -0.39 is 0 Å². The van der Waals surface area contributed by atoms with Crippen molar-refractivity contribution < 1.29 is 0 Å². The molecule has 0 amide bonds. The van der Waals surface area contributed by atoms with E-state index in [1.54, 1.807) is 0 Å². The Labute approximate surface area is 111 Å². The third kappa shape index (κ3) is 4.06. The molecule has 0 radical (unpaired) electrons. The van der Waals surface area contributed by atoms with Gasteiger partial charge in [0, 0.05) is 5.69 Å². The molecule has 0 saturated carbocycles. The Kier molecular flexibility index (Phi) is 4.76. The number of nitrogens with zero attached hydrogens (tertiary/aromatic N) is 1. The molecule has 0 bridgehead atoms. The first-order valence-corrected chi connectivity index (χ1v) is 6.60. The minimum absolute atomic E-state index is 0.162. The van der Waals surface area contributed by atoms with Crippen molar-refractivity contribution >= 4 is 11.6 Å². The summed E-state index contributed by atoms with van der Waals surface area (Å²) in [7, 11) is 0. The highest BCUT2D eigenvalue weighted by atomic mass is 15.1. The average molecular weight is 247 g/mol. The molecule has 0 heterocycles. The lowest BCUT2D eigenvalue weighted by molar-refractivity contribution is 0.583. The van der Waals surface area contributed by atoms with Crippen molar-refractivity contribution in [1.29, 1.82) is 0 Å². The molecule has 0 saturated heterocycles. The van der Waals surface area contributed by atoms with E-state index in [-0.39, 0.29) is 5.54 Å². The van der Waals surface area contributed by atoms with E-state index in [0.29, 0.717) is 5.96 Å². The molecule has 0 unspecified atom stereocenters. The molecule has 0 aliphatic carbocycles. The average Bonchev–Trinajstić information content (AvgIpc) is 2.26. The topological polar surface area (TPSA) is 50.4 Å². The number of guanidine groups is 1. The molecular formula is C15H25N3. The number of nitrogens with one attached hydrogen (secondary N) is 1. The normalized spacial score (nSPS) is 12.6. The van der Waals surface area contributed by atoms with Gasteiger partial charge in [0.25, 0.3) is 0 Å². The van der Waals surface area contributed by atoms with Gasteiger partial charge in [0.15, 0.2) is 5.96 Å². The fourth-order valence-corrected chi connectivity index (χ4v) is 1.92. The number of anilines is 1. The van der Waals surface area contributed by atoms with Gasteiger partial charge in [0.05, 0.1) is 5.54 Å². The first-order valence-electron chi connectivity index (χ1n) is 6.60. The summed E-state index contributed by atoms with van der Waals surface area (Å²) in [6.07, 6.45) is 1.97. The fourth-order valence-electron chi connectivity index (χ4n) is 1.92. The Hall–Kier alpha value is -1.51. The molecule has 1 aromatic carbocycles. The van der Waals surface area contributed by atoms with Gasteiger partial charge >= 0.3 is 0 Å². The first-order chi connectivity index (χ1) is 8.37. The van der Waals surface area contributed by atoms with E-state index in [1.165, 1.54) is 11.1 Å². The van der Waals surface area contributed by atoms with Gasteiger partial charge in [-0.05, 0) is 44.7 Å². The van der Waals surface area contributed by atoms with Crippen molar-refractivity contribution in [3.63, 3.8) is 0 Å². The van der Waals surface area contributed by atoms with Crippen LogP contribution in [-0.4, -0.2) is 11.5 Å². The fraction of sp³-hybridized carbons (Fsp3) is 0.533. The zero-order valence-corrected chi connectivity index (χ0v) is 12.2. The molecule has 0 aliphatic heterocycles. The zero-order valence-electron chi connectivity index (χ0n) is 12.2. The Balaban J connectivity index is 3.06. The predicted molar refractivity (Wildman–Crippen MR) is 80.2 cm³/mol. The van der Waals surface area contributed by atoms with E-state index >= 15 is 0 Å². The molecule has 3 heteroatoms. The second-order valence-electron chi connectivity index (χ2n) is 5.45. The summed E-state index contributed by atoms with van der Waals surface area (Å²) in [5.74, 6) is 0.484. The van der Waals surface area contributed by atoms with Crippen molar-refractivity contribution in [3.05, 3.63) is 29.3 Å². The van der Waals surface area contributed by atoms with E-state index in [1.807, 2.05) is 20.8 Å². The van der Waals surface area contributed by atoms with Crippen LogP contribution >= 0.6 is 0 Å². The van der Waals surface area contributed by atoms with Crippen molar-refractivity contribution in [1.82, 2.24) is 0 Å². The summed E-state index contributed by atoms with van der Waals surface area (Å²) in [6, 6.07) is 6.36. The Morgan fingerprint density at radius 3 is 2.06 bits per heavy atom. The summed E-state index contributed by atoms with van der Waals surface area (Å²) < 4.78 is 0. The third-order valence-electron chi connectivity index (χ3n) is 2.71. The SMILES string of the molecule is CCc1cccc(CC)c1NC(N)=NC(C)(C)C.